The molecule has 0 heterocycles. The van der Waals surface area contributed by atoms with Crippen LogP contribution >= 0.6 is 7.82 Å². The van der Waals surface area contributed by atoms with Crippen molar-refractivity contribution in [2.75, 3.05) is 47.5 Å². The van der Waals surface area contributed by atoms with Crippen molar-refractivity contribution in [3.8, 4) is 0 Å². The van der Waals surface area contributed by atoms with Crippen molar-refractivity contribution < 1.29 is 42.1 Å². The zero-order valence-corrected chi connectivity index (χ0v) is 46.2. The van der Waals surface area contributed by atoms with E-state index < -0.39 is 32.5 Å². The molecule has 72 heavy (non-hydrogen) atoms. The lowest BCUT2D eigenvalue weighted by molar-refractivity contribution is -0.870. The maximum atomic E-state index is 12.8. The van der Waals surface area contributed by atoms with Crippen molar-refractivity contribution in [3.05, 3.63) is 170 Å². The second kappa shape index (κ2) is 51.3. The zero-order chi connectivity index (χ0) is 52.7. The number of unbranched alkanes of at least 4 members (excludes halogenated alkanes) is 4. The molecule has 0 aromatic heterocycles. The van der Waals surface area contributed by atoms with Gasteiger partial charge in [0.25, 0.3) is 0 Å². The molecule has 9 nitrogen and oxygen atoms in total. The molecule has 0 radical (unpaired) electrons. The van der Waals surface area contributed by atoms with Crippen LogP contribution in [0, 0.1) is 0 Å². The summed E-state index contributed by atoms with van der Waals surface area (Å²) in [5, 5.41) is 0. The summed E-state index contributed by atoms with van der Waals surface area (Å²) < 4.78 is 34.4. The van der Waals surface area contributed by atoms with Gasteiger partial charge in [0.1, 0.15) is 19.8 Å². The van der Waals surface area contributed by atoms with Crippen molar-refractivity contribution in [2.45, 2.75) is 161 Å². The second-order valence-electron chi connectivity index (χ2n) is 18.1. The third-order valence-corrected chi connectivity index (χ3v) is 11.2. The molecule has 0 spiro atoms. The monoisotopic (exact) mass is 1010 g/mol. The molecular formula is C62H97NO8P+. The number of carbonyl (C=O) groups excluding carboxylic acids is 2. The summed E-state index contributed by atoms with van der Waals surface area (Å²) in [5.41, 5.74) is 0. The summed E-state index contributed by atoms with van der Waals surface area (Å²) in [5.74, 6) is -0.925. The Morgan fingerprint density at radius 2 is 0.764 bits per heavy atom. The summed E-state index contributed by atoms with van der Waals surface area (Å²) in [4.78, 5) is 35.6. The summed E-state index contributed by atoms with van der Waals surface area (Å²) in [7, 11) is 1.39. The first kappa shape index (κ1) is 67.4. The fourth-order valence-corrected chi connectivity index (χ4v) is 6.90. The van der Waals surface area contributed by atoms with Crippen LogP contribution < -0.4 is 0 Å². The molecule has 2 unspecified atom stereocenters. The molecule has 402 valence electrons. The highest BCUT2D eigenvalue weighted by atomic mass is 31.2. The van der Waals surface area contributed by atoms with Gasteiger partial charge in [0.05, 0.1) is 27.7 Å². The van der Waals surface area contributed by atoms with Gasteiger partial charge in [-0.15, -0.1) is 0 Å². The Kier molecular flexibility index (Phi) is 48.0. The van der Waals surface area contributed by atoms with Gasteiger partial charge in [0.15, 0.2) is 6.10 Å². The first-order chi connectivity index (χ1) is 35.0. The maximum absolute atomic E-state index is 12.8. The van der Waals surface area contributed by atoms with E-state index in [1.807, 2.05) is 27.2 Å². The molecule has 10 heteroatoms. The van der Waals surface area contributed by atoms with Gasteiger partial charge in [-0.3, -0.25) is 18.6 Å². The standard InChI is InChI=1S/C62H96NO8P/c1-6-8-10-12-14-16-18-20-22-24-26-27-28-29-30-31-32-33-34-35-37-39-41-43-45-47-49-51-53-55-62(65)71-60(59-70-72(66,67)69-57-56-63(3,4)5)58-68-61(64)54-52-50-48-46-44-42-40-38-36-25-23-21-19-17-15-13-11-9-7-2/h8-11,14-17,20-23,26-27,29-30,32-33,35-38,41-44,47,49,60H,6-7,12-13,18-19,24-25,28,31,34,39-40,45-46,48,50-59H2,1-5H3/p+1/b10-8-,11-9-,16-14-,17-15-,22-20-,23-21-,27-26-,30-29-,33-32-,37-35-,38-36-,43-41-,44-42-,49-47-. The molecular weight excluding hydrogens is 918 g/mol. The molecule has 2 atom stereocenters. The number of quaternary nitrogens is 1. The van der Waals surface area contributed by atoms with E-state index in [0.717, 1.165) is 109 Å². The lowest BCUT2D eigenvalue weighted by atomic mass is 10.1. The molecule has 0 aliphatic heterocycles. The number of allylic oxidation sites excluding steroid dienone is 28. The van der Waals surface area contributed by atoms with Crippen molar-refractivity contribution in [1.29, 1.82) is 0 Å². The summed E-state index contributed by atoms with van der Waals surface area (Å²) in [6.07, 6.45) is 78.5. The number of carbonyl (C=O) groups is 2. The Morgan fingerprint density at radius 1 is 0.431 bits per heavy atom. The lowest BCUT2D eigenvalue weighted by Crippen LogP contribution is -2.37. The molecule has 0 bridgehead atoms. The van der Waals surface area contributed by atoms with Crippen LogP contribution in [0.1, 0.15) is 155 Å². The van der Waals surface area contributed by atoms with Gasteiger partial charge in [0, 0.05) is 12.8 Å². The number of hydrogen-bond donors (Lipinski definition) is 1. The average Bonchev–Trinajstić information content (AvgIpc) is 3.34. The Hall–Kier alpha value is -4.63. The van der Waals surface area contributed by atoms with Gasteiger partial charge in [-0.1, -0.05) is 190 Å². The first-order valence-corrected chi connectivity index (χ1v) is 28.4. The van der Waals surface area contributed by atoms with Crippen LogP contribution in [0.2, 0.25) is 0 Å². The number of nitrogens with zero attached hydrogens (tertiary/aromatic N) is 1. The van der Waals surface area contributed by atoms with Crippen LogP contribution in [0.5, 0.6) is 0 Å². The largest absolute Gasteiger partial charge is 0.472 e. The number of ether oxygens (including phenoxy) is 2. The van der Waals surface area contributed by atoms with Crippen LogP contribution in [-0.4, -0.2) is 74.9 Å². The minimum atomic E-state index is -4.42. The predicted octanol–water partition coefficient (Wildman–Crippen LogP) is 16.7. The van der Waals surface area contributed by atoms with E-state index in [9.17, 15) is 19.0 Å². The number of rotatable bonds is 46. The zero-order valence-electron chi connectivity index (χ0n) is 45.3. The Morgan fingerprint density at radius 3 is 1.12 bits per heavy atom. The third kappa shape index (κ3) is 54.7. The summed E-state index contributed by atoms with van der Waals surface area (Å²) in [6.45, 7) is 4.05. The summed E-state index contributed by atoms with van der Waals surface area (Å²) >= 11 is 0. The van der Waals surface area contributed by atoms with Gasteiger partial charge < -0.3 is 18.9 Å². The van der Waals surface area contributed by atoms with E-state index in [2.05, 4.69) is 178 Å². The molecule has 0 rings (SSSR count). The van der Waals surface area contributed by atoms with Gasteiger partial charge >= 0.3 is 19.8 Å². The number of phosphoric acid groups is 1. The van der Waals surface area contributed by atoms with Crippen LogP contribution in [0.3, 0.4) is 0 Å². The molecule has 0 saturated heterocycles. The molecule has 1 N–H and O–H groups in total. The van der Waals surface area contributed by atoms with Crippen LogP contribution in [-0.2, 0) is 32.7 Å². The van der Waals surface area contributed by atoms with E-state index in [-0.39, 0.29) is 26.1 Å². The van der Waals surface area contributed by atoms with Crippen LogP contribution in [0.25, 0.3) is 0 Å². The van der Waals surface area contributed by atoms with E-state index in [0.29, 0.717) is 30.3 Å². The van der Waals surface area contributed by atoms with Gasteiger partial charge in [-0.25, -0.2) is 4.57 Å². The van der Waals surface area contributed by atoms with E-state index in [4.69, 9.17) is 18.5 Å². The summed E-state index contributed by atoms with van der Waals surface area (Å²) in [6, 6.07) is 0. The number of esters is 2. The molecule has 0 amide bonds. The number of phosphoric ester groups is 1. The molecule has 0 aliphatic carbocycles. The molecule has 0 fully saturated rings. The maximum Gasteiger partial charge on any atom is 0.472 e. The quantitative estimate of drug-likeness (QED) is 0.0211. The molecule has 0 aromatic carbocycles. The normalized spacial score (nSPS) is 14.7. The second-order valence-corrected chi connectivity index (χ2v) is 19.6. The number of likely N-dealkylation sites (N-methyl/N-ethyl adjacent to an activating group) is 1. The van der Waals surface area contributed by atoms with Crippen molar-refractivity contribution in [1.82, 2.24) is 0 Å². The SMILES string of the molecule is CC/C=C\C/C=C\C/C=C\C/C=C\C/C=C\C/C=C\C/C=C\C/C=C\C/C=C\CCCC(=O)OC(COC(=O)CCCCC/C=C\C/C=C\C/C=C\C/C=C\C/C=C\CC)COP(=O)(O)OCC[N+](C)(C)C. The van der Waals surface area contributed by atoms with Gasteiger partial charge in [-0.2, -0.15) is 0 Å². The Bertz CT molecular complexity index is 1810. The predicted molar refractivity (Wildman–Crippen MR) is 306 cm³/mol. The molecule has 0 aromatic rings. The topological polar surface area (TPSA) is 108 Å². The highest BCUT2D eigenvalue weighted by Gasteiger charge is 2.27. The van der Waals surface area contributed by atoms with E-state index in [1.165, 1.54) is 0 Å². The smallest absolute Gasteiger partial charge is 0.462 e. The Balaban J connectivity index is 4.44. The minimum absolute atomic E-state index is 0.00385. The third-order valence-electron chi connectivity index (χ3n) is 10.2. The van der Waals surface area contributed by atoms with Crippen LogP contribution in [0.4, 0.5) is 0 Å². The van der Waals surface area contributed by atoms with Crippen LogP contribution in [0.15, 0.2) is 170 Å². The Labute approximate surface area is 438 Å². The van der Waals surface area contributed by atoms with E-state index in [1.54, 1.807) is 0 Å². The first-order valence-electron chi connectivity index (χ1n) is 26.9. The average molecular weight is 1020 g/mol. The highest BCUT2D eigenvalue weighted by molar-refractivity contribution is 7.47. The van der Waals surface area contributed by atoms with Crippen molar-refractivity contribution in [2.24, 2.45) is 0 Å². The number of hydrogen-bond acceptors (Lipinski definition) is 7. The molecule has 0 aliphatic rings. The van der Waals surface area contributed by atoms with E-state index >= 15 is 0 Å². The highest BCUT2D eigenvalue weighted by Crippen LogP contribution is 2.43. The van der Waals surface area contributed by atoms with Crippen molar-refractivity contribution in [3.63, 3.8) is 0 Å². The minimum Gasteiger partial charge on any atom is -0.462 e. The fourth-order valence-electron chi connectivity index (χ4n) is 6.16. The molecule has 0 saturated carbocycles. The van der Waals surface area contributed by atoms with Gasteiger partial charge in [-0.05, 0) is 122 Å². The van der Waals surface area contributed by atoms with Crippen molar-refractivity contribution >= 4 is 19.8 Å². The lowest BCUT2D eigenvalue weighted by Gasteiger charge is -2.24. The van der Waals surface area contributed by atoms with Gasteiger partial charge in [0.2, 0.25) is 0 Å². The fraction of sp³-hybridized carbons (Fsp3) is 0.516.